The molecule has 1 unspecified atom stereocenters. The Morgan fingerprint density at radius 2 is 2.18 bits per heavy atom. The number of nitriles is 1. The van der Waals surface area contributed by atoms with E-state index >= 15 is 0 Å². The molecule has 0 fully saturated rings. The monoisotopic (exact) mass is 239 g/mol. The van der Waals surface area contributed by atoms with Gasteiger partial charge in [0.15, 0.2) is 0 Å². The van der Waals surface area contributed by atoms with E-state index in [1.807, 2.05) is 0 Å². The fourth-order valence-corrected chi connectivity index (χ4v) is 1.77. The molecule has 0 radical (unpaired) electrons. The van der Waals surface area contributed by atoms with Crippen molar-refractivity contribution in [1.82, 2.24) is 5.32 Å². The van der Waals surface area contributed by atoms with Crippen molar-refractivity contribution in [1.29, 1.82) is 5.26 Å². The summed E-state index contributed by atoms with van der Waals surface area (Å²) in [6, 6.07) is 2.09. The number of nitrogens with two attached hydrogens (primary N) is 1. The van der Waals surface area contributed by atoms with E-state index in [2.05, 4.69) is 18.3 Å². The Morgan fingerprint density at radius 3 is 2.76 bits per heavy atom. The van der Waals surface area contributed by atoms with E-state index in [0.717, 1.165) is 32.1 Å². The molecule has 0 aliphatic rings. The maximum atomic E-state index is 11.5. The van der Waals surface area contributed by atoms with Crippen molar-refractivity contribution in [3.05, 3.63) is 0 Å². The van der Waals surface area contributed by atoms with Crippen molar-refractivity contribution in [2.75, 3.05) is 13.1 Å². The van der Waals surface area contributed by atoms with Crippen LogP contribution in [0.2, 0.25) is 0 Å². The van der Waals surface area contributed by atoms with Gasteiger partial charge in [-0.05, 0) is 38.1 Å². The van der Waals surface area contributed by atoms with Gasteiger partial charge in [0.25, 0.3) is 0 Å². The van der Waals surface area contributed by atoms with E-state index in [9.17, 15) is 4.79 Å². The Labute approximate surface area is 105 Å². The molecule has 4 heteroatoms. The molecule has 0 spiro atoms. The summed E-state index contributed by atoms with van der Waals surface area (Å²) in [5.74, 6) is 0.696. The summed E-state index contributed by atoms with van der Waals surface area (Å²) >= 11 is 0. The van der Waals surface area contributed by atoms with Gasteiger partial charge in [0.1, 0.15) is 0 Å². The number of hydrogen-bond acceptors (Lipinski definition) is 3. The average Bonchev–Trinajstić information content (AvgIpc) is 2.34. The number of amides is 1. The highest BCUT2D eigenvalue weighted by molar-refractivity contribution is 5.75. The van der Waals surface area contributed by atoms with Crippen LogP contribution in [-0.4, -0.2) is 19.0 Å². The number of rotatable bonds is 10. The van der Waals surface area contributed by atoms with E-state index in [0.29, 0.717) is 31.8 Å². The molecule has 4 nitrogen and oxygen atoms in total. The van der Waals surface area contributed by atoms with E-state index in [4.69, 9.17) is 11.0 Å². The number of nitrogens with zero attached hydrogens (tertiary/aromatic N) is 1. The molecule has 3 N–H and O–H groups in total. The van der Waals surface area contributed by atoms with Crippen molar-refractivity contribution in [2.24, 2.45) is 11.7 Å². The minimum atomic E-state index is 0.123. The minimum Gasteiger partial charge on any atom is -0.356 e. The van der Waals surface area contributed by atoms with E-state index in [-0.39, 0.29) is 5.91 Å². The Balaban J connectivity index is 3.48. The molecule has 0 saturated carbocycles. The first kappa shape index (κ1) is 15.9. The Morgan fingerprint density at radius 1 is 1.41 bits per heavy atom. The quantitative estimate of drug-likeness (QED) is 0.572. The smallest absolute Gasteiger partial charge is 0.220 e. The van der Waals surface area contributed by atoms with Crippen molar-refractivity contribution >= 4 is 5.91 Å². The summed E-state index contributed by atoms with van der Waals surface area (Å²) < 4.78 is 0. The third-order valence-corrected chi connectivity index (χ3v) is 2.97. The van der Waals surface area contributed by atoms with Crippen LogP contribution >= 0.6 is 0 Å². The first-order valence-corrected chi connectivity index (χ1v) is 6.58. The molecular formula is C13H25N3O. The molecule has 0 rings (SSSR count). The van der Waals surface area contributed by atoms with Gasteiger partial charge in [-0.1, -0.05) is 13.3 Å². The van der Waals surface area contributed by atoms with Crippen LogP contribution in [0.3, 0.4) is 0 Å². The van der Waals surface area contributed by atoms with Crippen LogP contribution in [0.25, 0.3) is 0 Å². The van der Waals surface area contributed by atoms with Crippen LogP contribution in [0.15, 0.2) is 0 Å². The molecule has 0 aromatic rings. The van der Waals surface area contributed by atoms with Crippen LogP contribution in [0.5, 0.6) is 0 Å². The van der Waals surface area contributed by atoms with Crippen molar-refractivity contribution in [3.63, 3.8) is 0 Å². The maximum absolute atomic E-state index is 11.5. The van der Waals surface area contributed by atoms with Gasteiger partial charge in [0, 0.05) is 19.4 Å². The zero-order valence-electron chi connectivity index (χ0n) is 10.9. The highest BCUT2D eigenvalue weighted by Gasteiger charge is 2.08. The number of hydrogen-bond donors (Lipinski definition) is 2. The average molecular weight is 239 g/mol. The minimum absolute atomic E-state index is 0.123. The molecule has 1 atom stereocenters. The first-order chi connectivity index (χ1) is 8.24. The molecule has 0 bridgehead atoms. The van der Waals surface area contributed by atoms with E-state index in [1.165, 1.54) is 0 Å². The molecule has 0 aliphatic heterocycles. The Hall–Kier alpha value is -1.08. The second kappa shape index (κ2) is 11.4. The molecule has 1 amide bonds. The van der Waals surface area contributed by atoms with E-state index < -0.39 is 0 Å². The molecule has 98 valence electrons. The summed E-state index contributed by atoms with van der Waals surface area (Å²) in [7, 11) is 0. The molecule has 17 heavy (non-hydrogen) atoms. The maximum Gasteiger partial charge on any atom is 0.220 e. The fraction of sp³-hybridized carbons (Fsp3) is 0.846. The second-order valence-corrected chi connectivity index (χ2v) is 4.36. The highest BCUT2D eigenvalue weighted by Crippen LogP contribution is 2.14. The van der Waals surface area contributed by atoms with Crippen LogP contribution in [-0.2, 0) is 4.79 Å². The zero-order valence-corrected chi connectivity index (χ0v) is 10.9. The number of carbonyl (C=O) groups is 1. The summed E-state index contributed by atoms with van der Waals surface area (Å²) in [5, 5.41) is 11.2. The predicted molar refractivity (Wildman–Crippen MR) is 69.2 cm³/mol. The summed E-state index contributed by atoms with van der Waals surface area (Å²) in [5.41, 5.74) is 5.51. The highest BCUT2D eigenvalue weighted by atomic mass is 16.1. The van der Waals surface area contributed by atoms with Crippen LogP contribution in [0.4, 0.5) is 0 Å². The van der Waals surface area contributed by atoms with Gasteiger partial charge in [-0.2, -0.15) is 5.26 Å². The Kier molecular flexibility index (Phi) is 10.7. The molecular weight excluding hydrogens is 214 g/mol. The third-order valence-electron chi connectivity index (χ3n) is 2.97. The lowest BCUT2D eigenvalue weighted by atomic mass is 9.96. The molecule has 0 heterocycles. The van der Waals surface area contributed by atoms with Crippen LogP contribution in [0, 0.1) is 17.2 Å². The van der Waals surface area contributed by atoms with Crippen LogP contribution in [0.1, 0.15) is 51.9 Å². The number of nitrogens with one attached hydrogen (secondary N) is 1. The normalized spacial score (nSPS) is 11.8. The van der Waals surface area contributed by atoms with Crippen molar-refractivity contribution in [2.45, 2.75) is 51.9 Å². The standard InChI is InChI=1S/C13H25N3O/c1-2-12(8-10-15)6-7-13(17)16-11-5-3-4-9-14/h12H,2-8,10-11,15H2,1H3,(H,16,17). The number of carbonyl (C=O) groups excluding carboxylic acids is 1. The fourth-order valence-electron chi connectivity index (χ4n) is 1.77. The van der Waals surface area contributed by atoms with Gasteiger partial charge in [-0.3, -0.25) is 4.79 Å². The number of unbranched alkanes of at least 4 members (excludes halogenated alkanes) is 2. The van der Waals surface area contributed by atoms with Gasteiger partial charge in [-0.25, -0.2) is 0 Å². The zero-order chi connectivity index (χ0) is 12.9. The van der Waals surface area contributed by atoms with Crippen molar-refractivity contribution in [3.8, 4) is 6.07 Å². The lowest BCUT2D eigenvalue weighted by molar-refractivity contribution is -0.121. The van der Waals surface area contributed by atoms with Gasteiger partial charge < -0.3 is 11.1 Å². The Bertz CT molecular complexity index is 235. The van der Waals surface area contributed by atoms with Gasteiger partial charge >= 0.3 is 0 Å². The van der Waals surface area contributed by atoms with Gasteiger partial charge in [-0.15, -0.1) is 0 Å². The summed E-state index contributed by atoms with van der Waals surface area (Å²) in [6.07, 6.45) is 5.94. The first-order valence-electron chi connectivity index (χ1n) is 6.58. The SMILES string of the molecule is CCC(CCN)CCC(=O)NCCCCC#N. The molecule has 0 aromatic heterocycles. The third kappa shape index (κ3) is 9.83. The lowest BCUT2D eigenvalue weighted by Crippen LogP contribution is -2.25. The lowest BCUT2D eigenvalue weighted by Gasteiger charge is -2.13. The van der Waals surface area contributed by atoms with E-state index in [1.54, 1.807) is 0 Å². The molecule has 0 aliphatic carbocycles. The predicted octanol–water partition coefficient (Wildman–Crippen LogP) is 1.95. The second-order valence-electron chi connectivity index (χ2n) is 4.36. The summed E-state index contributed by atoms with van der Waals surface area (Å²) in [4.78, 5) is 11.5. The topological polar surface area (TPSA) is 78.9 Å². The molecule has 0 saturated heterocycles. The largest absolute Gasteiger partial charge is 0.356 e. The van der Waals surface area contributed by atoms with Crippen molar-refractivity contribution < 1.29 is 4.79 Å². The summed E-state index contributed by atoms with van der Waals surface area (Å²) in [6.45, 7) is 3.53. The van der Waals surface area contributed by atoms with Gasteiger partial charge in [0.2, 0.25) is 5.91 Å². The van der Waals surface area contributed by atoms with Crippen LogP contribution < -0.4 is 11.1 Å². The van der Waals surface area contributed by atoms with Gasteiger partial charge in [0.05, 0.1) is 6.07 Å². The molecule has 0 aromatic carbocycles.